The molecule has 2 nitrogen and oxygen atoms in total. The van der Waals surface area contributed by atoms with E-state index in [9.17, 15) is 0 Å². The lowest BCUT2D eigenvalue weighted by atomic mass is 9.83. The Morgan fingerprint density at radius 1 is 1.17 bits per heavy atom. The monoisotopic (exact) mass is 244 g/mol. The Morgan fingerprint density at radius 3 is 2.39 bits per heavy atom. The molecule has 0 heterocycles. The number of nitrogens with two attached hydrogens (primary N) is 1. The zero-order valence-electron chi connectivity index (χ0n) is 11.1. The number of hydrogen-bond donors (Lipinski definition) is 2. The zero-order chi connectivity index (χ0) is 12.4. The Bertz CT molecular complexity index is 377. The summed E-state index contributed by atoms with van der Waals surface area (Å²) in [6.45, 7) is 0. The van der Waals surface area contributed by atoms with Crippen molar-refractivity contribution in [1.82, 2.24) is 5.43 Å². The second kappa shape index (κ2) is 5.02. The van der Waals surface area contributed by atoms with Gasteiger partial charge in [-0.05, 0) is 30.7 Å². The summed E-state index contributed by atoms with van der Waals surface area (Å²) in [7, 11) is 0. The second-order valence-electron chi connectivity index (χ2n) is 6.13. The first-order valence-corrected chi connectivity index (χ1v) is 7.37. The Labute approximate surface area is 110 Å². The van der Waals surface area contributed by atoms with Gasteiger partial charge in [0.05, 0.1) is 0 Å². The Balaban J connectivity index is 1.74. The van der Waals surface area contributed by atoms with Crippen molar-refractivity contribution in [2.75, 3.05) is 0 Å². The van der Waals surface area contributed by atoms with Gasteiger partial charge in [0.15, 0.2) is 0 Å². The molecule has 0 radical (unpaired) electrons. The van der Waals surface area contributed by atoms with Gasteiger partial charge in [-0.3, -0.25) is 11.3 Å². The van der Waals surface area contributed by atoms with Gasteiger partial charge in [-0.2, -0.15) is 0 Å². The van der Waals surface area contributed by atoms with Crippen molar-refractivity contribution in [3.63, 3.8) is 0 Å². The highest BCUT2D eigenvalue weighted by molar-refractivity contribution is 5.33. The first-order chi connectivity index (χ1) is 8.85. The molecule has 0 bridgehead atoms. The lowest BCUT2D eigenvalue weighted by molar-refractivity contribution is 0.333. The van der Waals surface area contributed by atoms with Crippen LogP contribution < -0.4 is 11.3 Å². The molecular weight excluding hydrogens is 220 g/mol. The molecule has 1 atom stereocenters. The van der Waals surface area contributed by atoms with E-state index in [1.165, 1.54) is 50.5 Å². The molecule has 1 aromatic rings. The van der Waals surface area contributed by atoms with Gasteiger partial charge in [0, 0.05) is 11.5 Å². The predicted molar refractivity (Wildman–Crippen MR) is 75.0 cm³/mol. The van der Waals surface area contributed by atoms with Crippen molar-refractivity contribution in [3.05, 3.63) is 35.9 Å². The van der Waals surface area contributed by atoms with Crippen LogP contribution in [0.5, 0.6) is 0 Å². The van der Waals surface area contributed by atoms with Gasteiger partial charge < -0.3 is 0 Å². The Kier molecular flexibility index (Phi) is 3.40. The highest BCUT2D eigenvalue weighted by atomic mass is 15.2. The topological polar surface area (TPSA) is 38.0 Å². The van der Waals surface area contributed by atoms with Crippen LogP contribution in [0, 0.1) is 5.92 Å². The third kappa shape index (κ3) is 2.19. The molecule has 0 saturated heterocycles. The van der Waals surface area contributed by atoms with E-state index in [1.807, 2.05) is 0 Å². The van der Waals surface area contributed by atoms with Crippen LogP contribution >= 0.6 is 0 Å². The maximum absolute atomic E-state index is 5.86. The van der Waals surface area contributed by atoms with Gasteiger partial charge in [0.25, 0.3) is 0 Å². The van der Waals surface area contributed by atoms with Crippen LogP contribution in [0.15, 0.2) is 30.3 Å². The Morgan fingerprint density at radius 2 is 1.83 bits per heavy atom. The summed E-state index contributed by atoms with van der Waals surface area (Å²) < 4.78 is 0. The summed E-state index contributed by atoms with van der Waals surface area (Å²) >= 11 is 0. The minimum atomic E-state index is 0.332. The van der Waals surface area contributed by atoms with Crippen LogP contribution in [-0.2, 0) is 5.41 Å². The van der Waals surface area contributed by atoms with E-state index < -0.39 is 0 Å². The standard InChI is InChI=1S/C16H24N2/c17-18-15(12-13-6-4-5-7-13)16(10-11-16)14-8-2-1-3-9-14/h1-3,8-9,13,15,18H,4-7,10-12,17H2. The quantitative estimate of drug-likeness (QED) is 0.617. The highest BCUT2D eigenvalue weighted by Gasteiger charge is 2.50. The predicted octanol–water partition coefficient (Wildman–Crippen LogP) is 3.13. The molecule has 3 N–H and O–H groups in total. The van der Waals surface area contributed by atoms with Gasteiger partial charge in [-0.1, -0.05) is 56.0 Å². The van der Waals surface area contributed by atoms with E-state index >= 15 is 0 Å². The van der Waals surface area contributed by atoms with Gasteiger partial charge >= 0.3 is 0 Å². The molecule has 18 heavy (non-hydrogen) atoms. The van der Waals surface area contributed by atoms with Crippen molar-refractivity contribution >= 4 is 0 Å². The van der Waals surface area contributed by atoms with Gasteiger partial charge in [-0.15, -0.1) is 0 Å². The summed E-state index contributed by atoms with van der Waals surface area (Å²) in [5.74, 6) is 6.76. The fourth-order valence-electron chi connectivity index (χ4n) is 3.78. The van der Waals surface area contributed by atoms with Crippen molar-refractivity contribution in [3.8, 4) is 0 Å². The third-order valence-electron chi connectivity index (χ3n) is 5.05. The first-order valence-electron chi connectivity index (χ1n) is 7.37. The molecule has 3 rings (SSSR count). The zero-order valence-corrected chi connectivity index (χ0v) is 11.1. The van der Waals surface area contributed by atoms with E-state index in [0.717, 1.165) is 5.92 Å². The van der Waals surface area contributed by atoms with Gasteiger partial charge in [0.1, 0.15) is 0 Å². The summed E-state index contributed by atoms with van der Waals surface area (Å²) in [5.41, 5.74) is 4.94. The summed E-state index contributed by atoms with van der Waals surface area (Å²) in [5, 5.41) is 0. The van der Waals surface area contributed by atoms with E-state index in [2.05, 4.69) is 35.8 Å². The number of hydrogen-bond acceptors (Lipinski definition) is 2. The van der Waals surface area contributed by atoms with E-state index in [-0.39, 0.29) is 0 Å². The fraction of sp³-hybridized carbons (Fsp3) is 0.625. The van der Waals surface area contributed by atoms with Crippen molar-refractivity contribution in [1.29, 1.82) is 0 Å². The molecule has 1 aromatic carbocycles. The van der Waals surface area contributed by atoms with E-state index in [1.54, 1.807) is 0 Å². The minimum Gasteiger partial charge on any atom is -0.271 e. The molecule has 0 aliphatic heterocycles. The first kappa shape index (κ1) is 12.2. The van der Waals surface area contributed by atoms with Crippen LogP contribution in [0.3, 0.4) is 0 Å². The number of hydrazine groups is 1. The van der Waals surface area contributed by atoms with Gasteiger partial charge in [0.2, 0.25) is 0 Å². The van der Waals surface area contributed by atoms with Crippen LogP contribution in [0.4, 0.5) is 0 Å². The maximum atomic E-state index is 5.86. The molecule has 2 heteroatoms. The normalized spacial score (nSPS) is 24.1. The van der Waals surface area contributed by atoms with Crippen LogP contribution in [0.1, 0.15) is 50.5 Å². The van der Waals surface area contributed by atoms with Crippen molar-refractivity contribution in [2.45, 2.75) is 56.4 Å². The highest BCUT2D eigenvalue weighted by Crippen LogP contribution is 2.52. The number of rotatable bonds is 5. The molecule has 2 aliphatic carbocycles. The molecule has 2 saturated carbocycles. The van der Waals surface area contributed by atoms with Crippen LogP contribution in [-0.4, -0.2) is 6.04 Å². The van der Waals surface area contributed by atoms with Crippen LogP contribution in [0.2, 0.25) is 0 Å². The fourth-order valence-corrected chi connectivity index (χ4v) is 3.78. The summed E-state index contributed by atoms with van der Waals surface area (Å²) in [6.07, 6.45) is 9.48. The Hall–Kier alpha value is -0.860. The number of benzene rings is 1. The molecule has 0 spiro atoms. The second-order valence-corrected chi connectivity index (χ2v) is 6.13. The van der Waals surface area contributed by atoms with Crippen molar-refractivity contribution in [2.24, 2.45) is 11.8 Å². The van der Waals surface area contributed by atoms with Crippen molar-refractivity contribution < 1.29 is 0 Å². The average molecular weight is 244 g/mol. The molecule has 0 aromatic heterocycles. The molecule has 98 valence electrons. The molecule has 0 amide bonds. The van der Waals surface area contributed by atoms with E-state index in [0.29, 0.717) is 11.5 Å². The average Bonchev–Trinajstić information content (AvgIpc) is 3.07. The smallest absolute Gasteiger partial charge is 0.0310 e. The largest absolute Gasteiger partial charge is 0.271 e. The molecule has 1 unspecified atom stereocenters. The van der Waals surface area contributed by atoms with Gasteiger partial charge in [-0.25, -0.2) is 0 Å². The lowest BCUT2D eigenvalue weighted by Gasteiger charge is -2.29. The SMILES string of the molecule is NNC(CC1CCCC1)C1(c2ccccc2)CC1. The lowest BCUT2D eigenvalue weighted by Crippen LogP contribution is -2.45. The number of nitrogens with one attached hydrogen (secondary N) is 1. The molecule has 2 fully saturated rings. The van der Waals surface area contributed by atoms with E-state index in [4.69, 9.17) is 5.84 Å². The summed E-state index contributed by atoms with van der Waals surface area (Å²) in [4.78, 5) is 0. The summed E-state index contributed by atoms with van der Waals surface area (Å²) in [6, 6.07) is 11.4. The minimum absolute atomic E-state index is 0.332. The molecular formula is C16H24N2. The molecule has 2 aliphatic rings. The maximum Gasteiger partial charge on any atom is 0.0310 e. The van der Waals surface area contributed by atoms with Crippen LogP contribution in [0.25, 0.3) is 0 Å². The third-order valence-corrected chi connectivity index (χ3v) is 5.05.